The third-order valence-corrected chi connectivity index (χ3v) is 5.41. The SMILES string of the molecule is C[C@@H]1CN(C(=O)[C@@](C)(O)C(F)(F)F)CC[C@@H]1N(C)C(=O)c1ccc(F)cc1Cl. The average Bonchev–Trinajstić information content (AvgIpc) is 2.58. The van der Waals surface area contributed by atoms with Crippen molar-refractivity contribution < 1.29 is 32.3 Å². The van der Waals surface area contributed by atoms with E-state index in [0.29, 0.717) is 6.92 Å². The minimum absolute atomic E-state index is 0.0432. The highest BCUT2D eigenvalue weighted by atomic mass is 35.5. The van der Waals surface area contributed by atoms with Gasteiger partial charge >= 0.3 is 6.18 Å². The number of nitrogens with zero attached hydrogens (tertiary/aromatic N) is 2. The second-order valence-electron chi connectivity index (χ2n) is 7.19. The molecular formula is C18H21ClF4N2O3. The number of rotatable bonds is 3. The van der Waals surface area contributed by atoms with E-state index in [1.54, 1.807) is 6.92 Å². The number of hydrogen-bond donors (Lipinski definition) is 1. The normalized spacial score (nSPS) is 22.5. The Labute approximate surface area is 164 Å². The van der Waals surface area contributed by atoms with E-state index in [2.05, 4.69) is 0 Å². The Morgan fingerprint density at radius 3 is 2.43 bits per heavy atom. The Balaban J connectivity index is 2.11. The van der Waals surface area contributed by atoms with Crippen LogP contribution < -0.4 is 0 Å². The zero-order valence-electron chi connectivity index (χ0n) is 15.6. The summed E-state index contributed by atoms with van der Waals surface area (Å²) in [6.07, 6.45) is -4.86. The zero-order valence-corrected chi connectivity index (χ0v) is 16.3. The van der Waals surface area contributed by atoms with Gasteiger partial charge in [-0.25, -0.2) is 4.39 Å². The summed E-state index contributed by atoms with van der Waals surface area (Å²) in [4.78, 5) is 27.2. The minimum Gasteiger partial charge on any atom is -0.373 e. The smallest absolute Gasteiger partial charge is 0.373 e. The van der Waals surface area contributed by atoms with Crippen LogP contribution in [0.4, 0.5) is 17.6 Å². The summed E-state index contributed by atoms with van der Waals surface area (Å²) >= 11 is 5.93. The first-order chi connectivity index (χ1) is 12.8. The summed E-state index contributed by atoms with van der Waals surface area (Å²) in [5, 5.41) is 9.55. The van der Waals surface area contributed by atoms with Gasteiger partial charge in [-0.05, 0) is 37.5 Å². The van der Waals surface area contributed by atoms with Crippen LogP contribution in [0.5, 0.6) is 0 Å². The predicted octanol–water partition coefficient (Wildman–Crippen LogP) is 3.10. The summed E-state index contributed by atoms with van der Waals surface area (Å²) in [6, 6.07) is 3.03. The second kappa shape index (κ2) is 7.87. The third-order valence-electron chi connectivity index (χ3n) is 5.09. The molecule has 1 aliphatic heterocycles. The molecule has 10 heteroatoms. The van der Waals surface area contributed by atoms with Gasteiger partial charge in [-0.15, -0.1) is 0 Å². The summed E-state index contributed by atoms with van der Waals surface area (Å²) in [5.41, 5.74) is -3.36. The fourth-order valence-corrected chi connectivity index (χ4v) is 3.57. The van der Waals surface area contributed by atoms with Crippen molar-refractivity contribution in [3.63, 3.8) is 0 Å². The Morgan fingerprint density at radius 2 is 1.93 bits per heavy atom. The first-order valence-corrected chi connectivity index (χ1v) is 8.96. The van der Waals surface area contributed by atoms with Gasteiger partial charge in [0.15, 0.2) is 0 Å². The Morgan fingerprint density at radius 1 is 1.32 bits per heavy atom. The van der Waals surface area contributed by atoms with Crippen molar-refractivity contribution in [3.8, 4) is 0 Å². The molecule has 0 aromatic heterocycles. The summed E-state index contributed by atoms with van der Waals surface area (Å²) in [6.45, 7) is 2.03. The number of halogens is 5. The van der Waals surface area contributed by atoms with Crippen molar-refractivity contribution in [1.82, 2.24) is 9.80 Å². The number of likely N-dealkylation sites (tertiary alicyclic amines) is 1. The van der Waals surface area contributed by atoms with Crippen LogP contribution in [0.15, 0.2) is 18.2 Å². The molecular weight excluding hydrogens is 404 g/mol. The molecule has 1 fully saturated rings. The molecule has 1 aliphatic rings. The monoisotopic (exact) mass is 424 g/mol. The molecule has 5 nitrogen and oxygen atoms in total. The van der Waals surface area contributed by atoms with E-state index in [1.165, 1.54) is 18.0 Å². The Hall–Kier alpha value is -1.87. The van der Waals surface area contributed by atoms with Crippen LogP contribution in [0.3, 0.4) is 0 Å². The van der Waals surface area contributed by atoms with Gasteiger partial charge < -0.3 is 14.9 Å². The van der Waals surface area contributed by atoms with E-state index in [-0.39, 0.29) is 42.1 Å². The third kappa shape index (κ3) is 4.25. The number of piperidine rings is 1. The van der Waals surface area contributed by atoms with E-state index in [0.717, 1.165) is 17.0 Å². The molecule has 3 atom stereocenters. The zero-order chi connectivity index (χ0) is 21.4. The van der Waals surface area contributed by atoms with Crippen LogP contribution >= 0.6 is 11.6 Å². The van der Waals surface area contributed by atoms with Gasteiger partial charge in [0.05, 0.1) is 10.6 Å². The molecule has 0 spiro atoms. The lowest BCUT2D eigenvalue weighted by atomic mass is 9.90. The molecule has 1 aromatic carbocycles. The fraction of sp³-hybridized carbons (Fsp3) is 0.556. The molecule has 0 radical (unpaired) electrons. The van der Waals surface area contributed by atoms with Gasteiger partial charge in [-0.3, -0.25) is 9.59 Å². The van der Waals surface area contributed by atoms with Crippen LogP contribution in [-0.4, -0.2) is 64.7 Å². The van der Waals surface area contributed by atoms with Gasteiger partial charge in [0.1, 0.15) is 5.82 Å². The van der Waals surface area contributed by atoms with Crippen molar-refractivity contribution in [1.29, 1.82) is 0 Å². The highest BCUT2D eigenvalue weighted by Crippen LogP contribution is 2.33. The maximum atomic E-state index is 13.2. The standard InChI is InChI=1S/C18H21ClF4N2O3/c1-10-9-25(16(27)17(2,28)18(21,22)23)7-6-14(10)24(3)15(26)12-5-4-11(20)8-13(12)19/h4-5,8,10,14,28H,6-7,9H2,1-3H3/t10-,14+,17-/m1/s1. The van der Waals surface area contributed by atoms with E-state index in [1.807, 2.05) is 0 Å². The predicted molar refractivity (Wildman–Crippen MR) is 94.3 cm³/mol. The molecule has 0 saturated carbocycles. The molecule has 2 amide bonds. The van der Waals surface area contributed by atoms with Gasteiger partial charge in [0.25, 0.3) is 11.8 Å². The van der Waals surface area contributed by atoms with E-state index >= 15 is 0 Å². The topological polar surface area (TPSA) is 60.9 Å². The Bertz CT molecular complexity index is 770. The number of carbonyl (C=O) groups is 2. The average molecular weight is 425 g/mol. The van der Waals surface area contributed by atoms with Crippen LogP contribution in [-0.2, 0) is 4.79 Å². The van der Waals surface area contributed by atoms with Crippen LogP contribution in [0.1, 0.15) is 30.6 Å². The molecule has 0 unspecified atom stereocenters. The molecule has 1 heterocycles. The summed E-state index contributed by atoms with van der Waals surface area (Å²) in [5.74, 6) is -2.80. The molecule has 1 aromatic rings. The number of aliphatic hydroxyl groups is 1. The van der Waals surface area contributed by atoms with Crippen molar-refractivity contribution in [3.05, 3.63) is 34.6 Å². The highest BCUT2D eigenvalue weighted by Gasteiger charge is 2.57. The van der Waals surface area contributed by atoms with Crippen molar-refractivity contribution in [2.45, 2.75) is 38.1 Å². The second-order valence-corrected chi connectivity index (χ2v) is 7.60. The van der Waals surface area contributed by atoms with E-state index < -0.39 is 29.4 Å². The molecule has 0 bridgehead atoms. The number of alkyl halides is 3. The quantitative estimate of drug-likeness (QED) is 0.758. The first-order valence-electron chi connectivity index (χ1n) is 8.58. The lowest BCUT2D eigenvalue weighted by molar-refractivity contribution is -0.251. The van der Waals surface area contributed by atoms with Crippen LogP contribution in [0, 0.1) is 11.7 Å². The lowest BCUT2D eigenvalue weighted by Gasteiger charge is -2.43. The fourth-order valence-electron chi connectivity index (χ4n) is 3.33. The van der Waals surface area contributed by atoms with Gasteiger partial charge in [-0.2, -0.15) is 13.2 Å². The van der Waals surface area contributed by atoms with E-state index in [9.17, 15) is 32.3 Å². The maximum absolute atomic E-state index is 13.2. The van der Waals surface area contributed by atoms with Gasteiger partial charge in [-0.1, -0.05) is 18.5 Å². The van der Waals surface area contributed by atoms with Gasteiger partial charge in [0.2, 0.25) is 5.60 Å². The molecule has 2 rings (SSSR count). The number of hydrogen-bond acceptors (Lipinski definition) is 3. The molecule has 28 heavy (non-hydrogen) atoms. The van der Waals surface area contributed by atoms with Crippen LogP contribution in [0.25, 0.3) is 0 Å². The van der Waals surface area contributed by atoms with Gasteiger partial charge in [0, 0.05) is 26.2 Å². The maximum Gasteiger partial charge on any atom is 0.426 e. The van der Waals surface area contributed by atoms with Crippen molar-refractivity contribution in [2.75, 3.05) is 20.1 Å². The van der Waals surface area contributed by atoms with Crippen molar-refractivity contribution in [2.24, 2.45) is 5.92 Å². The Kier molecular flexibility index (Phi) is 6.30. The highest BCUT2D eigenvalue weighted by molar-refractivity contribution is 6.33. The molecule has 1 saturated heterocycles. The summed E-state index contributed by atoms with van der Waals surface area (Å²) < 4.78 is 51.9. The van der Waals surface area contributed by atoms with E-state index in [4.69, 9.17) is 11.6 Å². The number of benzene rings is 1. The number of carbonyl (C=O) groups excluding carboxylic acids is 2. The first kappa shape index (κ1) is 22.4. The van der Waals surface area contributed by atoms with Crippen LogP contribution in [0.2, 0.25) is 5.02 Å². The lowest BCUT2D eigenvalue weighted by Crippen LogP contribution is -2.60. The molecule has 156 valence electrons. The molecule has 0 aliphatic carbocycles. The number of amides is 2. The largest absolute Gasteiger partial charge is 0.426 e. The summed E-state index contributed by atoms with van der Waals surface area (Å²) in [7, 11) is 1.52. The molecule has 1 N–H and O–H groups in total. The minimum atomic E-state index is -5.09. The van der Waals surface area contributed by atoms with Crippen molar-refractivity contribution >= 4 is 23.4 Å².